The molecular formula is C24H27N5O3S. The predicted octanol–water partition coefficient (Wildman–Crippen LogP) is 3.49. The van der Waals surface area contributed by atoms with Crippen molar-refractivity contribution in [3.8, 4) is 6.07 Å². The smallest absolute Gasteiger partial charge is 0.243 e. The first kappa shape index (κ1) is 23.0. The molecule has 33 heavy (non-hydrogen) atoms. The van der Waals surface area contributed by atoms with E-state index in [2.05, 4.69) is 23.8 Å². The van der Waals surface area contributed by atoms with E-state index in [0.717, 1.165) is 11.1 Å². The van der Waals surface area contributed by atoms with Crippen LogP contribution in [0.1, 0.15) is 31.2 Å². The zero-order valence-electron chi connectivity index (χ0n) is 18.7. The number of nitriles is 1. The van der Waals surface area contributed by atoms with Gasteiger partial charge < -0.3 is 10.1 Å². The molecule has 2 N–H and O–H groups in total. The Morgan fingerprint density at radius 2 is 1.79 bits per heavy atom. The first-order valence-electron chi connectivity index (χ1n) is 10.9. The number of para-hydroxylation sites is 2. The van der Waals surface area contributed by atoms with Crippen molar-refractivity contribution in [1.82, 2.24) is 19.2 Å². The molecular weight excluding hydrogens is 438 g/mol. The summed E-state index contributed by atoms with van der Waals surface area (Å²) in [5.74, 6) is 0.572. The fraction of sp³-hybridized carbons (Fsp3) is 0.333. The lowest BCUT2D eigenvalue weighted by Gasteiger charge is -2.33. The topological polar surface area (TPSA) is 113 Å². The van der Waals surface area contributed by atoms with E-state index >= 15 is 0 Å². The minimum Gasteiger partial charge on any atom is -0.509 e. The molecule has 0 unspecified atom stereocenters. The third kappa shape index (κ3) is 4.78. The van der Waals surface area contributed by atoms with Crippen LogP contribution in [0.5, 0.6) is 0 Å². The fourth-order valence-electron chi connectivity index (χ4n) is 3.92. The zero-order valence-corrected chi connectivity index (χ0v) is 19.5. The molecule has 9 heteroatoms. The van der Waals surface area contributed by atoms with E-state index < -0.39 is 10.0 Å². The summed E-state index contributed by atoms with van der Waals surface area (Å²) in [6, 6.07) is 16.5. The zero-order chi connectivity index (χ0) is 23.6. The van der Waals surface area contributed by atoms with E-state index in [-0.39, 0.29) is 17.9 Å². The summed E-state index contributed by atoms with van der Waals surface area (Å²) in [6.07, 6.45) is 0. The van der Waals surface area contributed by atoms with Crippen LogP contribution in [-0.4, -0.2) is 65.4 Å². The molecule has 172 valence electrons. The molecule has 2 aromatic carbocycles. The number of aromatic amines is 1. The standard InChI is InChI=1S/C24H27N5O3S/c1-17(2)18-7-9-19(10-8-18)33(31,32)29-13-11-28(12-14-29)16-23(30)20(15-25)24-26-21-5-3-4-6-22(21)27-24/h3-10,17,30H,11-14,16H2,1-2H3,(H,26,27)/b23-20-. The van der Waals surface area contributed by atoms with E-state index in [1.165, 1.54) is 4.31 Å². The number of nitrogens with one attached hydrogen (secondary N) is 1. The van der Waals surface area contributed by atoms with E-state index in [4.69, 9.17) is 0 Å². The van der Waals surface area contributed by atoms with Crippen LogP contribution < -0.4 is 0 Å². The third-order valence-corrected chi connectivity index (χ3v) is 7.83. The minimum atomic E-state index is -3.57. The van der Waals surface area contributed by atoms with Gasteiger partial charge in [-0.05, 0) is 35.7 Å². The van der Waals surface area contributed by atoms with Crippen molar-refractivity contribution in [3.63, 3.8) is 0 Å². The molecule has 0 bridgehead atoms. The van der Waals surface area contributed by atoms with Crippen LogP contribution in [0.2, 0.25) is 0 Å². The van der Waals surface area contributed by atoms with Crippen molar-refractivity contribution < 1.29 is 13.5 Å². The second kappa shape index (κ2) is 9.35. The van der Waals surface area contributed by atoms with Crippen LogP contribution in [0.4, 0.5) is 0 Å². The van der Waals surface area contributed by atoms with Gasteiger partial charge in [-0.25, -0.2) is 13.4 Å². The van der Waals surface area contributed by atoms with Gasteiger partial charge in [0.05, 0.1) is 22.5 Å². The van der Waals surface area contributed by atoms with E-state index in [1.54, 1.807) is 12.1 Å². The number of aromatic nitrogens is 2. The maximum Gasteiger partial charge on any atom is 0.243 e. The lowest BCUT2D eigenvalue weighted by Crippen LogP contribution is -2.49. The number of sulfonamides is 1. The summed E-state index contributed by atoms with van der Waals surface area (Å²) in [5.41, 5.74) is 2.69. The largest absolute Gasteiger partial charge is 0.509 e. The number of imidazole rings is 1. The van der Waals surface area contributed by atoms with Gasteiger partial charge >= 0.3 is 0 Å². The Bertz CT molecular complexity index is 1280. The predicted molar refractivity (Wildman–Crippen MR) is 127 cm³/mol. The highest BCUT2D eigenvalue weighted by Crippen LogP contribution is 2.23. The number of hydrogen-bond donors (Lipinski definition) is 2. The molecule has 1 saturated heterocycles. The third-order valence-electron chi connectivity index (χ3n) is 5.92. The van der Waals surface area contributed by atoms with Gasteiger partial charge in [0, 0.05) is 26.2 Å². The number of nitrogens with zero attached hydrogens (tertiary/aromatic N) is 4. The van der Waals surface area contributed by atoms with Crippen LogP contribution in [0.15, 0.2) is 59.2 Å². The number of aliphatic hydroxyl groups excluding tert-OH is 1. The summed E-state index contributed by atoms with van der Waals surface area (Å²) >= 11 is 0. The van der Waals surface area contributed by atoms with Gasteiger partial charge in [-0.1, -0.05) is 38.1 Å². The molecule has 1 aromatic heterocycles. The van der Waals surface area contributed by atoms with E-state index in [1.807, 2.05) is 47.4 Å². The van der Waals surface area contributed by atoms with Crippen molar-refractivity contribution in [3.05, 3.63) is 65.7 Å². The summed E-state index contributed by atoms with van der Waals surface area (Å²) in [5, 5.41) is 20.2. The van der Waals surface area contributed by atoms with Crippen molar-refractivity contribution in [2.75, 3.05) is 32.7 Å². The Labute approximate surface area is 193 Å². The van der Waals surface area contributed by atoms with Crippen molar-refractivity contribution in [1.29, 1.82) is 5.26 Å². The molecule has 1 aliphatic heterocycles. The highest BCUT2D eigenvalue weighted by molar-refractivity contribution is 7.89. The fourth-order valence-corrected chi connectivity index (χ4v) is 5.34. The maximum absolute atomic E-state index is 13.0. The SMILES string of the molecule is CC(C)c1ccc(S(=O)(=O)N2CCN(C/C(O)=C(\C#N)c3nc4ccccc4[nH]3)CC2)cc1. The molecule has 0 aliphatic carbocycles. The van der Waals surface area contributed by atoms with Crippen LogP contribution >= 0.6 is 0 Å². The van der Waals surface area contributed by atoms with Gasteiger partial charge in [0.15, 0.2) is 5.82 Å². The molecule has 0 saturated carbocycles. The quantitative estimate of drug-likeness (QED) is 0.426. The first-order chi connectivity index (χ1) is 15.8. The van der Waals surface area contributed by atoms with Crippen molar-refractivity contribution in [2.45, 2.75) is 24.7 Å². The first-order valence-corrected chi connectivity index (χ1v) is 12.3. The summed E-state index contributed by atoms with van der Waals surface area (Å²) in [7, 11) is -3.57. The lowest BCUT2D eigenvalue weighted by atomic mass is 10.0. The second-order valence-corrected chi connectivity index (χ2v) is 10.4. The number of allylic oxidation sites excluding steroid dienone is 1. The van der Waals surface area contributed by atoms with Crippen LogP contribution in [-0.2, 0) is 10.0 Å². The molecule has 1 fully saturated rings. The molecule has 0 radical (unpaired) electrons. The number of piperazine rings is 1. The maximum atomic E-state index is 13.0. The number of aliphatic hydroxyl groups is 1. The van der Waals surface area contributed by atoms with E-state index in [9.17, 15) is 18.8 Å². The van der Waals surface area contributed by atoms with E-state index in [0.29, 0.717) is 48.3 Å². The normalized spacial score (nSPS) is 16.7. The Hall–Kier alpha value is -3.19. The summed E-state index contributed by atoms with van der Waals surface area (Å²) in [4.78, 5) is 9.68. The number of H-pyrrole nitrogens is 1. The van der Waals surface area contributed by atoms with Crippen LogP contribution in [0.25, 0.3) is 16.6 Å². The average molecular weight is 466 g/mol. The van der Waals surface area contributed by atoms with Crippen LogP contribution in [0, 0.1) is 11.3 Å². The number of rotatable bonds is 6. The Balaban J connectivity index is 1.43. The van der Waals surface area contributed by atoms with Gasteiger partial charge in [0.2, 0.25) is 10.0 Å². The molecule has 0 atom stereocenters. The summed E-state index contributed by atoms with van der Waals surface area (Å²) in [6.45, 7) is 5.81. The highest BCUT2D eigenvalue weighted by atomic mass is 32.2. The average Bonchev–Trinajstić information content (AvgIpc) is 3.23. The Morgan fingerprint density at radius 3 is 2.39 bits per heavy atom. The number of benzene rings is 2. The number of hydrogen-bond acceptors (Lipinski definition) is 6. The van der Waals surface area contributed by atoms with Crippen molar-refractivity contribution in [2.24, 2.45) is 0 Å². The van der Waals surface area contributed by atoms with Gasteiger partial charge in [-0.2, -0.15) is 9.57 Å². The summed E-state index contributed by atoms with van der Waals surface area (Å²) < 4.78 is 27.5. The van der Waals surface area contributed by atoms with Gasteiger partial charge in [-0.15, -0.1) is 0 Å². The Kier molecular flexibility index (Phi) is 6.51. The molecule has 4 rings (SSSR count). The molecule has 3 aromatic rings. The monoisotopic (exact) mass is 465 g/mol. The number of fused-ring (bicyclic) bond motifs is 1. The van der Waals surface area contributed by atoms with Crippen molar-refractivity contribution >= 4 is 26.6 Å². The lowest BCUT2D eigenvalue weighted by molar-refractivity contribution is 0.182. The van der Waals surface area contributed by atoms with Gasteiger partial charge in [0.25, 0.3) is 0 Å². The second-order valence-electron chi connectivity index (χ2n) is 8.44. The highest BCUT2D eigenvalue weighted by Gasteiger charge is 2.29. The van der Waals surface area contributed by atoms with Gasteiger partial charge in [-0.3, -0.25) is 4.90 Å². The minimum absolute atomic E-state index is 0.0860. The molecule has 0 amide bonds. The molecule has 1 aliphatic rings. The Morgan fingerprint density at radius 1 is 1.12 bits per heavy atom. The van der Waals surface area contributed by atoms with Gasteiger partial charge in [0.1, 0.15) is 17.4 Å². The van der Waals surface area contributed by atoms with Crippen LogP contribution in [0.3, 0.4) is 0 Å². The molecule has 2 heterocycles. The molecule has 8 nitrogen and oxygen atoms in total. The molecule has 0 spiro atoms.